The first-order chi connectivity index (χ1) is 8.75. The molecule has 1 saturated carbocycles. The van der Waals surface area contributed by atoms with Crippen molar-refractivity contribution in [2.75, 3.05) is 6.79 Å². The van der Waals surface area contributed by atoms with Crippen LogP contribution in [0.4, 0.5) is 0 Å². The zero-order chi connectivity index (χ0) is 12.8. The van der Waals surface area contributed by atoms with Gasteiger partial charge in [-0.2, -0.15) is 0 Å². The third-order valence-electron chi connectivity index (χ3n) is 3.43. The number of rotatable bonds is 5. The van der Waals surface area contributed by atoms with Gasteiger partial charge in [0.15, 0.2) is 6.79 Å². The summed E-state index contributed by atoms with van der Waals surface area (Å²) in [6.07, 6.45) is 6.68. The molecule has 0 bridgehead atoms. The molecule has 0 atom stereocenters. The van der Waals surface area contributed by atoms with Crippen LogP contribution in [0.5, 0.6) is 5.75 Å². The van der Waals surface area contributed by atoms with Gasteiger partial charge in [0.05, 0.1) is 6.10 Å². The quantitative estimate of drug-likeness (QED) is 0.717. The lowest BCUT2D eigenvalue weighted by molar-refractivity contribution is -0.0496. The third-order valence-corrected chi connectivity index (χ3v) is 3.43. The van der Waals surface area contributed by atoms with Gasteiger partial charge in [0, 0.05) is 0 Å². The maximum absolute atomic E-state index is 5.72. The third kappa shape index (κ3) is 3.88. The lowest BCUT2D eigenvalue weighted by Crippen LogP contribution is -2.19. The second-order valence-corrected chi connectivity index (χ2v) is 4.99. The van der Waals surface area contributed by atoms with E-state index in [1.165, 1.54) is 32.1 Å². The highest BCUT2D eigenvalue weighted by molar-refractivity contribution is 5.61. The van der Waals surface area contributed by atoms with Crippen molar-refractivity contribution in [1.29, 1.82) is 0 Å². The van der Waals surface area contributed by atoms with E-state index in [1.807, 2.05) is 31.2 Å². The van der Waals surface area contributed by atoms with Gasteiger partial charge in [-0.1, -0.05) is 43.5 Å². The fourth-order valence-corrected chi connectivity index (χ4v) is 2.27. The minimum atomic E-state index is 0.358. The molecule has 18 heavy (non-hydrogen) atoms. The van der Waals surface area contributed by atoms with Gasteiger partial charge in [0.2, 0.25) is 0 Å². The van der Waals surface area contributed by atoms with E-state index >= 15 is 0 Å². The Bertz CT molecular complexity index is 375. The molecule has 2 rings (SSSR count). The molecule has 0 N–H and O–H groups in total. The lowest BCUT2D eigenvalue weighted by Gasteiger charge is -2.21. The van der Waals surface area contributed by atoms with Crippen LogP contribution < -0.4 is 4.74 Å². The lowest BCUT2D eigenvalue weighted by atomic mass is 9.98. The molecule has 1 aliphatic carbocycles. The number of hydrogen-bond acceptors (Lipinski definition) is 2. The van der Waals surface area contributed by atoms with E-state index in [0.717, 1.165) is 16.9 Å². The summed E-state index contributed by atoms with van der Waals surface area (Å²) >= 11 is 0. The van der Waals surface area contributed by atoms with E-state index in [-0.39, 0.29) is 0 Å². The highest BCUT2D eigenvalue weighted by atomic mass is 16.7. The molecular weight excluding hydrogens is 224 g/mol. The van der Waals surface area contributed by atoms with Crippen LogP contribution in [0.2, 0.25) is 0 Å². The first-order valence-corrected chi connectivity index (χ1v) is 6.76. The smallest absolute Gasteiger partial charge is 0.189 e. The first kappa shape index (κ1) is 13.2. The van der Waals surface area contributed by atoms with Crippen LogP contribution in [-0.4, -0.2) is 12.9 Å². The zero-order valence-electron chi connectivity index (χ0n) is 11.2. The van der Waals surface area contributed by atoms with E-state index in [0.29, 0.717) is 12.9 Å². The summed E-state index contributed by atoms with van der Waals surface area (Å²) in [5.41, 5.74) is 2.22. The maximum atomic E-state index is 5.72. The fraction of sp³-hybridized carbons (Fsp3) is 0.500. The van der Waals surface area contributed by atoms with Crippen LogP contribution in [0.1, 0.15) is 44.6 Å². The molecular formula is C16H22O2. The van der Waals surface area contributed by atoms with Gasteiger partial charge in [-0.15, -0.1) is 0 Å². The topological polar surface area (TPSA) is 18.5 Å². The average Bonchev–Trinajstić information content (AvgIpc) is 2.40. The van der Waals surface area contributed by atoms with Crippen molar-refractivity contribution in [3.63, 3.8) is 0 Å². The number of ether oxygens (including phenoxy) is 2. The Labute approximate surface area is 110 Å². The van der Waals surface area contributed by atoms with Crippen molar-refractivity contribution in [2.45, 2.75) is 45.1 Å². The van der Waals surface area contributed by atoms with Crippen molar-refractivity contribution in [3.05, 3.63) is 36.4 Å². The highest BCUT2D eigenvalue weighted by Crippen LogP contribution is 2.21. The minimum Gasteiger partial charge on any atom is -0.468 e. The Morgan fingerprint density at radius 1 is 1.17 bits per heavy atom. The highest BCUT2D eigenvalue weighted by Gasteiger charge is 2.13. The van der Waals surface area contributed by atoms with Crippen molar-refractivity contribution in [3.8, 4) is 5.75 Å². The first-order valence-electron chi connectivity index (χ1n) is 6.76. The number of benzene rings is 1. The van der Waals surface area contributed by atoms with Gasteiger partial charge < -0.3 is 9.47 Å². The van der Waals surface area contributed by atoms with E-state index < -0.39 is 0 Å². The largest absolute Gasteiger partial charge is 0.468 e. The van der Waals surface area contributed by atoms with Gasteiger partial charge in [0.25, 0.3) is 0 Å². The molecule has 1 aromatic rings. The Balaban J connectivity index is 1.74. The summed E-state index contributed by atoms with van der Waals surface area (Å²) in [5, 5.41) is 0. The molecule has 98 valence electrons. The van der Waals surface area contributed by atoms with E-state index in [1.54, 1.807) is 0 Å². The number of allylic oxidation sites excluding steroid dienone is 1. The van der Waals surface area contributed by atoms with Crippen LogP contribution in [0.25, 0.3) is 5.57 Å². The normalized spacial score (nSPS) is 16.5. The molecule has 0 aromatic heterocycles. The molecule has 0 radical (unpaired) electrons. The standard InChI is InChI=1S/C16H22O2/c1-13(2)14-8-10-16(11-9-14)18-12-17-15-6-4-3-5-7-15/h8-11,15H,1,3-7,12H2,2H3. The average molecular weight is 246 g/mol. The van der Waals surface area contributed by atoms with Crippen LogP contribution in [-0.2, 0) is 4.74 Å². The molecule has 2 heteroatoms. The van der Waals surface area contributed by atoms with E-state index in [9.17, 15) is 0 Å². The minimum absolute atomic E-state index is 0.358. The summed E-state index contributed by atoms with van der Waals surface area (Å²) < 4.78 is 11.3. The van der Waals surface area contributed by atoms with Gasteiger partial charge in [-0.25, -0.2) is 0 Å². The predicted octanol–water partition coefficient (Wildman–Crippen LogP) is 4.41. The summed E-state index contributed by atoms with van der Waals surface area (Å²) in [6.45, 7) is 6.27. The Hall–Kier alpha value is -1.28. The molecule has 1 fully saturated rings. The van der Waals surface area contributed by atoms with Crippen LogP contribution in [0.15, 0.2) is 30.8 Å². The SMILES string of the molecule is C=C(C)c1ccc(OCOC2CCCCC2)cc1. The van der Waals surface area contributed by atoms with Gasteiger partial charge >= 0.3 is 0 Å². The predicted molar refractivity (Wildman–Crippen MR) is 74.6 cm³/mol. The molecule has 0 aliphatic heterocycles. The summed E-state index contributed by atoms with van der Waals surface area (Å²) in [7, 11) is 0. The second kappa shape index (κ2) is 6.60. The maximum Gasteiger partial charge on any atom is 0.189 e. The monoisotopic (exact) mass is 246 g/mol. The molecule has 1 aromatic carbocycles. The summed E-state index contributed by atoms with van der Waals surface area (Å²) in [5.74, 6) is 0.857. The van der Waals surface area contributed by atoms with Crippen LogP contribution >= 0.6 is 0 Å². The molecule has 1 aliphatic rings. The van der Waals surface area contributed by atoms with E-state index in [2.05, 4.69) is 6.58 Å². The fourth-order valence-electron chi connectivity index (χ4n) is 2.27. The van der Waals surface area contributed by atoms with Crippen molar-refractivity contribution in [1.82, 2.24) is 0 Å². The summed E-state index contributed by atoms with van der Waals surface area (Å²) in [6, 6.07) is 7.99. The summed E-state index contributed by atoms with van der Waals surface area (Å²) in [4.78, 5) is 0. The van der Waals surface area contributed by atoms with Crippen LogP contribution in [0, 0.1) is 0 Å². The van der Waals surface area contributed by atoms with Crippen molar-refractivity contribution < 1.29 is 9.47 Å². The molecule has 0 spiro atoms. The Morgan fingerprint density at radius 2 is 1.83 bits per heavy atom. The van der Waals surface area contributed by atoms with Crippen molar-refractivity contribution >= 4 is 5.57 Å². The van der Waals surface area contributed by atoms with Crippen molar-refractivity contribution in [2.24, 2.45) is 0 Å². The second-order valence-electron chi connectivity index (χ2n) is 4.99. The van der Waals surface area contributed by atoms with E-state index in [4.69, 9.17) is 9.47 Å². The van der Waals surface area contributed by atoms with Gasteiger partial charge in [0.1, 0.15) is 5.75 Å². The molecule has 0 heterocycles. The zero-order valence-corrected chi connectivity index (χ0v) is 11.2. The Kier molecular flexibility index (Phi) is 4.82. The Morgan fingerprint density at radius 3 is 2.44 bits per heavy atom. The van der Waals surface area contributed by atoms with Gasteiger partial charge in [-0.05, 0) is 37.5 Å². The molecule has 0 amide bonds. The van der Waals surface area contributed by atoms with Crippen LogP contribution in [0.3, 0.4) is 0 Å². The molecule has 2 nitrogen and oxygen atoms in total. The van der Waals surface area contributed by atoms with Gasteiger partial charge in [-0.3, -0.25) is 0 Å². The molecule has 0 saturated heterocycles. The number of hydrogen-bond donors (Lipinski definition) is 0. The molecule has 0 unspecified atom stereocenters.